The minimum atomic E-state index is 1.07. The summed E-state index contributed by atoms with van der Waals surface area (Å²) in [5, 5.41) is 3.51. The third kappa shape index (κ3) is 5.85. The molecular formula is C15H26N2. The van der Waals surface area contributed by atoms with E-state index >= 15 is 0 Å². The summed E-state index contributed by atoms with van der Waals surface area (Å²) in [7, 11) is 0. The van der Waals surface area contributed by atoms with Gasteiger partial charge < -0.3 is 10.2 Å². The Morgan fingerprint density at radius 3 is 2.53 bits per heavy atom. The van der Waals surface area contributed by atoms with E-state index in [1.165, 1.54) is 11.1 Å². The number of benzene rings is 1. The van der Waals surface area contributed by atoms with Crippen LogP contribution in [-0.2, 0) is 6.42 Å². The maximum Gasteiger partial charge on any atom is 0.0107 e. The van der Waals surface area contributed by atoms with E-state index in [9.17, 15) is 0 Å². The Hall–Kier alpha value is -0.860. The summed E-state index contributed by atoms with van der Waals surface area (Å²) in [6.45, 7) is 12.2. The van der Waals surface area contributed by atoms with Crippen molar-refractivity contribution < 1.29 is 0 Å². The summed E-state index contributed by atoms with van der Waals surface area (Å²) in [6, 6.07) is 8.77. The van der Waals surface area contributed by atoms with Crippen LogP contribution >= 0.6 is 0 Å². The van der Waals surface area contributed by atoms with E-state index in [1.54, 1.807) is 0 Å². The molecule has 0 heterocycles. The van der Waals surface area contributed by atoms with Gasteiger partial charge in [0.25, 0.3) is 0 Å². The molecule has 0 fully saturated rings. The van der Waals surface area contributed by atoms with Crippen molar-refractivity contribution in [2.45, 2.75) is 27.2 Å². The van der Waals surface area contributed by atoms with Crippen LogP contribution in [-0.4, -0.2) is 37.6 Å². The summed E-state index contributed by atoms with van der Waals surface area (Å²) < 4.78 is 0. The third-order valence-electron chi connectivity index (χ3n) is 3.17. The molecule has 0 aliphatic rings. The molecule has 17 heavy (non-hydrogen) atoms. The molecular weight excluding hydrogens is 208 g/mol. The Morgan fingerprint density at radius 1 is 1.12 bits per heavy atom. The molecule has 0 atom stereocenters. The maximum atomic E-state index is 3.51. The maximum absolute atomic E-state index is 3.51. The lowest BCUT2D eigenvalue weighted by Gasteiger charge is -2.17. The van der Waals surface area contributed by atoms with Gasteiger partial charge in [-0.05, 0) is 38.5 Å². The largest absolute Gasteiger partial charge is 0.315 e. The molecule has 1 rings (SSSR count). The van der Waals surface area contributed by atoms with Gasteiger partial charge in [0, 0.05) is 13.1 Å². The number of hydrogen-bond acceptors (Lipinski definition) is 2. The molecule has 0 spiro atoms. The molecule has 0 aliphatic heterocycles. The van der Waals surface area contributed by atoms with E-state index in [0.29, 0.717) is 0 Å². The van der Waals surface area contributed by atoms with E-state index in [-0.39, 0.29) is 0 Å². The van der Waals surface area contributed by atoms with Gasteiger partial charge in [0.05, 0.1) is 0 Å². The monoisotopic (exact) mass is 234 g/mol. The van der Waals surface area contributed by atoms with Gasteiger partial charge in [0.1, 0.15) is 0 Å². The molecule has 2 heteroatoms. The highest BCUT2D eigenvalue weighted by molar-refractivity contribution is 5.22. The highest BCUT2D eigenvalue weighted by atomic mass is 15.1. The van der Waals surface area contributed by atoms with Crippen LogP contribution < -0.4 is 5.32 Å². The molecule has 0 aliphatic carbocycles. The summed E-state index contributed by atoms with van der Waals surface area (Å²) in [5.74, 6) is 0. The number of hydrogen-bond donors (Lipinski definition) is 1. The molecule has 0 bridgehead atoms. The molecule has 0 unspecified atom stereocenters. The fourth-order valence-corrected chi connectivity index (χ4v) is 2.00. The first-order chi connectivity index (χ1) is 8.26. The van der Waals surface area contributed by atoms with Gasteiger partial charge in [-0.3, -0.25) is 0 Å². The van der Waals surface area contributed by atoms with Gasteiger partial charge in [-0.25, -0.2) is 0 Å². The second-order valence-electron chi connectivity index (χ2n) is 4.52. The number of aryl methyl sites for hydroxylation is 1. The van der Waals surface area contributed by atoms with Gasteiger partial charge in [-0.1, -0.05) is 43.7 Å². The van der Waals surface area contributed by atoms with Crippen LogP contribution in [0.3, 0.4) is 0 Å². The van der Waals surface area contributed by atoms with Gasteiger partial charge >= 0.3 is 0 Å². The summed E-state index contributed by atoms with van der Waals surface area (Å²) >= 11 is 0. The number of nitrogens with zero attached hydrogens (tertiary/aromatic N) is 1. The molecule has 1 N–H and O–H groups in total. The van der Waals surface area contributed by atoms with Crippen LogP contribution in [0.4, 0.5) is 0 Å². The average molecular weight is 234 g/mol. The van der Waals surface area contributed by atoms with Gasteiger partial charge in [0.2, 0.25) is 0 Å². The summed E-state index contributed by atoms with van der Waals surface area (Å²) in [4.78, 5) is 2.44. The second kappa shape index (κ2) is 8.26. The second-order valence-corrected chi connectivity index (χ2v) is 4.52. The quantitative estimate of drug-likeness (QED) is 0.695. The van der Waals surface area contributed by atoms with Crippen LogP contribution in [0.1, 0.15) is 25.0 Å². The Balaban J connectivity index is 2.12. The fraction of sp³-hybridized carbons (Fsp3) is 0.600. The molecule has 0 amide bonds. The Labute approximate surface area is 106 Å². The average Bonchev–Trinajstić information content (AvgIpc) is 2.34. The lowest BCUT2D eigenvalue weighted by molar-refractivity contribution is 0.303. The van der Waals surface area contributed by atoms with E-state index < -0.39 is 0 Å². The van der Waals surface area contributed by atoms with Gasteiger partial charge in [-0.2, -0.15) is 0 Å². The lowest BCUT2D eigenvalue weighted by Crippen LogP contribution is -2.32. The SMILES string of the molecule is CCN(CC)CCNCCc1cccc(C)c1. The zero-order chi connectivity index (χ0) is 12.5. The Morgan fingerprint density at radius 2 is 1.88 bits per heavy atom. The third-order valence-corrected chi connectivity index (χ3v) is 3.17. The molecule has 96 valence electrons. The van der Waals surface area contributed by atoms with Crippen LogP contribution in [0.25, 0.3) is 0 Å². The summed E-state index contributed by atoms with van der Waals surface area (Å²) in [5.41, 5.74) is 2.78. The normalized spacial score (nSPS) is 11.1. The van der Waals surface area contributed by atoms with E-state index in [4.69, 9.17) is 0 Å². The predicted octanol–water partition coefficient (Wildman–Crippen LogP) is 2.47. The molecule has 0 saturated heterocycles. The Bertz CT molecular complexity index is 306. The van der Waals surface area contributed by atoms with Crippen molar-refractivity contribution in [3.8, 4) is 0 Å². The fourth-order valence-electron chi connectivity index (χ4n) is 2.00. The van der Waals surface area contributed by atoms with Crippen LogP contribution in [0.15, 0.2) is 24.3 Å². The smallest absolute Gasteiger partial charge is 0.0107 e. The molecule has 1 aromatic carbocycles. The van der Waals surface area contributed by atoms with E-state index in [0.717, 1.165) is 39.1 Å². The molecule has 2 nitrogen and oxygen atoms in total. The number of likely N-dealkylation sites (N-methyl/N-ethyl adjacent to an activating group) is 1. The topological polar surface area (TPSA) is 15.3 Å². The minimum absolute atomic E-state index is 1.07. The molecule has 0 aromatic heterocycles. The van der Waals surface area contributed by atoms with Gasteiger partial charge in [-0.15, -0.1) is 0 Å². The zero-order valence-electron chi connectivity index (χ0n) is 11.5. The van der Waals surface area contributed by atoms with Crippen molar-refractivity contribution in [1.82, 2.24) is 10.2 Å². The lowest BCUT2D eigenvalue weighted by atomic mass is 10.1. The van der Waals surface area contributed by atoms with Crippen molar-refractivity contribution in [2.24, 2.45) is 0 Å². The molecule has 1 aromatic rings. The van der Waals surface area contributed by atoms with E-state index in [2.05, 4.69) is 55.3 Å². The van der Waals surface area contributed by atoms with Crippen molar-refractivity contribution in [3.05, 3.63) is 35.4 Å². The standard InChI is InChI=1S/C15H26N2/c1-4-17(5-2)12-11-16-10-9-15-8-6-7-14(3)13-15/h6-8,13,16H,4-5,9-12H2,1-3H3. The van der Waals surface area contributed by atoms with Crippen LogP contribution in [0.2, 0.25) is 0 Å². The number of rotatable bonds is 8. The van der Waals surface area contributed by atoms with Crippen molar-refractivity contribution in [1.29, 1.82) is 0 Å². The zero-order valence-corrected chi connectivity index (χ0v) is 11.5. The first-order valence-corrected chi connectivity index (χ1v) is 6.74. The van der Waals surface area contributed by atoms with Crippen molar-refractivity contribution in [2.75, 3.05) is 32.7 Å². The first-order valence-electron chi connectivity index (χ1n) is 6.74. The summed E-state index contributed by atoms with van der Waals surface area (Å²) in [6.07, 6.45) is 1.12. The van der Waals surface area contributed by atoms with Crippen LogP contribution in [0.5, 0.6) is 0 Å². The van der Waals surface area contributed by atoms with Crippen molar-refractivity contribution >= 4 is 0 Å². The minimum Gasteiger partial charge on any atom is -0.315 e. The predicted molar refractivity (Wildman–Crippen MR) is 75.5 cm³/mol. The van der Waals surface area contributed by atoms with Crippen LogP contribution in [0, 0.1) is 6.92 Å². The van der Waals surface area contributed by atoms with Crippen molar-refractivity contribution in [3.63, 3.8) is 0 Å². The highest BCUT2D eigenvalue weighted by Gasteiger charge is 1.97. The first kappa shape index (κ1) is 14.2. The number of nitrogens with one attached hydrogen (secondary N) is 1. The van der Waals surface area contributed by atoms with Gasteiger partial charge in [0.15, 0.2) is 0 Å². The highest BCUT2D eigenvalue weighted by Crippen LogP contribution is 2.03. The van der Waals surface area contributed by atoms with E-state index in [1.807, 2.05) is 0 Å². The molecule has 0 radical (unpaired) electrons. The Kier molecular flexibility index (Phi) is 6.90. The molecule has 0 saturated carbocycles.